The standard InChI is InChI=1S/C20H18O5S2/c1-13-14(2)17-11-12-19(18-10-6-9-16(13)20(17)18)27(23,24)25-26(21,22)15-7-4-3-5-8-15/h3-14H,1-2H3. The molecule has 2 atom stereocenters. The normalized spacial score (nSPS) is 19.5. The molecule has 0 fully saturated rings. The minimum atomic E-state index is -4.52. The van der Waals surface area contributed by atoms with Gasteiger partial charge < -0.3 is 0 Å². The highest BCUT2D eigenvalue weighted by molar-refractivity contribution is 8.00. The summed E-state index contributed by atoms with van der Waals surface area (Å²) in [5.74, 6) is 0.520. The third kappa shape index (κ3) is 2.86. The van der Waals surface area contributed by atoms with Crippen molar-refractivity contribution in [3.8, 4) is 0 Å². The molecule has 0 bridgehead atoms. The minimum Gasteiger partial charge on any atom is -0.193 e. The summed E-state index contributed by atoms with van der Waals surface area (Å²) in [5, 5.41) is 1.36. The predicted molar refractivity (Wildman–Crippen MR) is 103 cm³/mol. The van der Waals surface area contributed by atoms with E-state index in [9.17, 15) is 16.8 Å². The molecule has 0 aromatic heterocycles. The van der Waals surface area contributed by atoms with Crippen LogP contribution < -0.4 is 0 Å². The monoisotopic (exact) mass is 402 g/mol. The Morgan fingerprint density at radius 3 is 2.00 bits per heavy atom. The van der Waals surface area contributed by atoms with Gasteiger partial charge in [-0.1, -0.05) is 56.3 Å². The van der Waals surface area contributed by atoms with Crippen molar-refractivity contribution in [2.45, 2.75) is 35.5 Å². The molecule has 4 rings (SSSR count). The molecule has 7 heteroatoms. The summed E-state index contributed by atoms with van der Waals surface area (Å²) in [7, 11) is -8.97. The van der Waals surface area contributed by atoms with E-state index >= 15 is 0 Å². The zero-order valence-corrected chi connectivity index (χ0v) is 16.4. The molecule has 0 N–H and O–H groups in total. The Labute approximate surface area is 158 Å². The lowest BCUT2D eigenvalue weighted by Gasteiger charge is -2.11. The van der Waals surface area contributed by atoms with Crippen LogP contribution in [-0.4, -0.2) is 16.8 Å². The highest BCUT2D eigenvalue weighted by atomic mass is 32.3. The molecule has 27 heavy (non-hydrogen) atoms. The highest BCUT2D eigenvalue weighted by Crippen LogP contribution is 2.47. The summed E-state index contributed by atoms with van der Waals surface area (Å²) in [6, 6.07) is 15.9. The largest absolute Gasteiger partial charge is 0.312 e. The van der Waals surface area contributed by atoms with Gasteiger partial charge in [0, 0.05) is 5.39 Å². The summed E-state index contributed by atoms with van der Waals surface area (Å²) in [6.07, 6.45) is 0. The van der Waals surface area contributed by atoms with Crippen LogP contribution >= 0.6 is 0 Å². The van der Waals surface area contributed by atoms with Crippen molar-refractivity contribution >= 4 is 31.0 Å². The Morgan fingerprint density at radius 2 is 1.33 bits per heavy atom. The highest BCUT2D eigenvalue weighted by Gasteiger charge is 2.33. The first kappa shape index (κ1) is 18.2. The number of hydrogen-bond acceptors (Lipinski definition) is 5. The van der Waals surface area contributed by atoms with Crippen LogP contribution in [0.5, 0.6) is 0 Å². The molecular formula is C20H18O5S2. The SMILES string of the molecule is CC1c2cccc3c(S(=O)(=O)OS(=O)(=O)c4ccccc4)ccc(c23)C1C. The van der Waals surface area contributed by atoms with E-state index in [1.54, 1.807) is 24.3 Å². The van der Waals surface area contributed by atoms with Gasteiger partial charge in [-0.05, 0) is 46.5 Å². The zero-order valence-electron chi connectivity index (χ0n) is 14.8. The first-order valence-electron chi connectivity index (χ1n) is 8.54. The summed E-state index contributed by atoms with van der Waals surface area (Å²) >= 11 is 0. The van der Waals surface area contributed by atoms with Gasteiger partial charge >= 0.3 is 20.2 Å². The second kappa shape index (κ2) is 6.15. The number of hydrogen-bond donors (Lipinski definition) is 0. The van der Waals surface area contributed by atoms with Crippen molar-refractivity contribution in [3.05, 3.63) is 71.8 Å². The molecule has 0 saturated heterocycles. The molecular weight excluding hydrogens is 384 g/mol. The van der Waals surface area contributed by atoms with Gasteiger partial charge in [0.05, 0.1) is 4.90 Å². The predicted octanol–water partition coefficient (Wildman–Crippen LogP) is 4.15. The topological polar surface area (TPSA) is 77.5 Å². The maximum atomic E-state index is 12.8. The lowest BCUT2D eigenvalue weighted by atomic mass is 9.94. The molecule has 2 unspecified atom stereocenters. The molecule has 3 aromatic rings. The fraction of sp³-hybridized carbons (Fsp3) is 0.200. The van der Waals surface area contributed by atoms with Gasteiger partial charge in [0.25, 0.3) is 0 Å². The first-order valence-corrected chi connectivity index (χ1v) is 11.4. The Balaban J connectivity index is 1.86. The fourth-order valence-electron chi connectivity index (χ4n) is 3.73. The van der Waals surface area contributed by atoms with Crippen LogP contribution in [0.3, 0.4) is 0 Å². The van der Waals surface area contributed by atoms with Crippen LogP contribution in [0.4, 0.5) is 0 Å². The van der Waals surface area contributed by atoms with Crippen LogP contribution in [0.15, 0.2) is 70.5 Å². The van der Waals surface area contributed by atoms with Gasteiger partial charge in [0.2, 0.25) is 0 Å². The van der Waals surface area contributed by atoms with Gasteiger partial charge in [0.1, 0.15) is 4.90 Å². The lowest BCUT2D eigenvalue weighted by Crippen LogP contribution is -2.14. The maximum absolute atomic E-state index is 12.8. The van der Waals surface area contributed by atoms with Gasteiger partial charge in [-0.3, -0.25) is 0 Å². The van der Waals surface area contributed by atoms with Gasteiger partial charge in [-0.15, -0.1) is 3.63 Å². The summed E-state index contributed by atoms with van der Waals surface area (Å²) in [5.41, 5.74) is 2.14. The quantitative estimate of drug-likeness (QED) is 0.655. The van der Waals surface area contributed by atoms with Crippen LogP contribution in [0.25, 0.3) is 10.8 Å². The Kier molecular flexibility index (Phi) is 4.14. The Hall–Kier alpha value is -2.22. The van der Waals surface area contributed by atoms with Gasteiger partial charge in [0.15, 0.2) is 0 Å². The smallest absolute Gasteiger partial charge is 0.193 e. The average molecular weight is 402 g/mol. The van der Waals surface area contributed by atoms with Crippen molar-refractivity contribution in [2.75, 3.05) is 0 Å². The van der Waals surface area contributed by atoms with E-state index in [1.165, 1.54) is 30.3 Å². The van der Waals surface area contributed by atoms with E-state index in [1.807, 2.05) is 6.07 Å². The number of rotatable bonds is 4. The third-order valence-corrected chi connectivity index (χ3v) is 8.45. The van der Waals surface area contributed by atoms with E-state index in [2.05, 4.69) is 13.8 Å². The molecule has 0 radical (unpaired) electrons. The van der Waals surface area contributed by atoms with E-state index in [0.29, 0.717) is 5.39 Å². The molecule has 0 saturated carbocycles. The van der Waals surface area contributed by atoms with Crippen molar-refractivity contribution in [1.29, 1.82) is 0 Å². The molecule has 0 amide bonds. The van der Waals surface area contributed by atoms with Crippen molar-refractivity contribution in [2.24, 2.45) is 0 Å². The molecule has 1 aliphatic rings. The molecule has 5 nitrogen and oxygen atoms in total. The minimum absolute atomic E-state index is 0.135. The van der Waals surface area contributed by atoms with Crippen LogP contribution in [-0.2, 0) is 23.9 Å². The van der Waals surface area contributed by atoms with Crippen LogP contribution in [0.1, 0.15) is 36.8 Å². The van der Waals surface area contributed by atoms with Crippen molar-refractivity contribution < 1.29 is 20.5 Å². The van der Waals surface area contributed by atoms with E-state index in [-0.39, 0.29) is 21.6 Å². The summed E-state index contributed by atoms with van der Waals surface area (Å²) in [4.78, 5) is -0.342. The molecule has 140 valence electrons. The maximum Gasteiger partial charge on any atom is 0.312 e. The second-order valence-electron chi connectivity index (χ2n) is 6.79. The number of benzene rings is 3. The summed E-state index contributed by atoms with van der Waals surface area (Å²) in [6.45, 7) is 4.20. The molecule has 3 aromatic carbocycles. The van der Waals surface area contributed by atoms with Crippen molar-refractivity contribution in [1.82, 2.24) is 0 Å². The zero-order chi connectivity index (χ0) is 19.4. The molecule has 1 aliphatic carbocycles. The van der Waals surface area contributed by atoms with E-state index in [0.717, 1.165) is 16.5 Å². The molecule has 0 heterocycles. The molecule has 0 aliphatic heterocycles. The Bertz CT molecular complexity index is 1230. The van der Waals surface area contributed by atoms with Gasteiger partial charge in [-0.2, -0.15) is 16.8 Å². The second-order valence-corrected chi connectivity index (χ2v) is 10.1. The van der Waals surface area contributed by atoms with Crippen molar-refractivity contribution in [3.63, 3.8) is 0 Å². The van der Waals surface area contributed by atoms with Gasteiger partial charge in [-0.25, -0.2) is 0 Å². The summed E-state index contributed by atoms with van der Waals surface area (Å²) < 4.78 is 55.2. The van der Waals surface area contributed by atoms with E-state index in [4.69, 9.17) is 3.63 Å². The lowest BCUT2D eigenvalue weighted by molar-refractivity contribution is 0.462. The first-order chi connectivity index (χ1) is 12.7. The average Bonchev–Trinajstić information content (AvgIpc) is 2.89. The van der Waals surface area contributed by atoms with Crippen LogP contribution in [0.2, 0.25) is 0 Å². The Morgan fingerprint density at radius 1 is 0.704 bits per heavy atom. The third-order valence-electron chi connectivity index (χ3n) is 5.28. The fourth-order valence-corrected chi connectivity index (χ4v) is 6.45. The van der Waals surface area contributed by atoms with E-state index < -0.39 is 20.2 Å². The molecule has 0 spiro atoms. The van der Waals surface area contributed by atoms with Crippen LogP contribution in [0, 0.1) is 0 Å².